The van der Waals surface area contributed by atoms with Gasteiger partial charge < -0.3 is 4.90 Å². The molecule has 1 N–H and O–H groups in total. The molecule has 2 fully saturated rings. The van der Waals surface area contributed by atoms with Crippen LogP contribution in [0, 0.1) is 17.8 Å². The van der Waals surface area contributed by atoms with Crippen molar-refractivity contribution in [1.82, 2.24) is 30.6 Å². The topological polar surface area (TPSA) is 83.5 Å². The Kier molecular flexibility index (Phi) is 5.99. The van der Waals surface area contributed by atoms with E-state index in [-0.39, 0.29) is 0 Å². The molecule has 2 heterocycles. The van der Waals surface area contributed by atoms with Crippen LogP contribution in [0.3, 0.4) is 0 Å². The highest BCUT2D eigenvalue weighted by Gasteiger charge is 2.39. The minimum absolute atomic E-state index is 0.720. The molecular formula is C26H28BrN7. The lowest BCUT2D eigenvalue weighted by Crippen LogP contribution is -2.30. The van der Waals surface area contributed by atoms with Crippen molar-refractivity contribution in [2.24, 2.45) is 17.8 Å². The van der Waals surface area contributed by atoms with Gasteiger partial charge in [0.15, 0.2) is 11.6 Å². The molecule has 174 valence electrons. The molecule has 2 aromatic carbocycles. The van der Waals surface area contributed by atoms with E-state index in [1.165, 1.54) is 32.1 Å². The predicted octanol–water partition coefficient (Wildman–Crippen LogP) is 5.45. The summed E-state index contributed by atoms with van der Waals surface area (Å²) in [6.45, 7) is 1.77. The molecule has 0 spiro atoms. The number of halogens is 1. The van der Waals surface area contributed by atoms with Crippen molar-refractivity contribution in [1.29, 1.82) is 0 Å². The van der Waals surface area contributed by atoms with Crippen LogP contribution >= 0.6 is 15.9 Å². The highest BCUT2D eigenvalue weighted by molar-refractivity contribution is 9.10. The lowest BCUT2D eigenvalue weighted by Gasteiger charge is -2.29. The standard InChI is InChI=1S/C26H28BrN7/c27-21-5-3-4-20(16-21)25-28-23-7-2-1-6-22(23)26(29-25)34(13-11-24-30-32-33-31-24)12-10-19-15-17-8-9-18(19)14-17/h1-7,16-19H,8-15H2,(H,30,31,32,33). The van der Waals surface area contributed by atoms with Crippen LogP contribution in [-0.4, -0.2) is 43.7 Å². The first-order valence-corrected chi connectivity index (χ1v) is 13.0. The molecule has 2 saturated carbocycles. The Balaban J connectivity index is 1.35. The van der Waals surface area contributed by atoms with Gasteiger partial charge in [0.05, 0.1) is 5.52 Å². The van der Waals surface area contributed by atoms with E-state index in [4.69, 9.17) is 9.97 Å². The molecule has 8 heteroatoms. The Morgan fingerprint density at radius 2 is 1.94 bits per heavy atom. The fourth-order valence-corrected chi connectivity index (χ4v) is 6.36. The number of benzene rings is 2. The number of nitrogens with zero attached hydrogens (tertiary/aromatic N) is 6. The zero-order valence-corrected chi connectivity index (χ0v) is 20.7. The van der Waals surface area contributed by atoms with Crippen LogP contribution in [0.1, 0.15) is 37.9 Å². The Labute approximate surface area is 207 Å². The van der Waals surface area contributed by atoms with E-state index in [1.54, 1.807) is 0 Å². The van der Waals surface area contributed by atoms with Crippen molar-refractivity contribution in [2.75, 3.05) is 18.0 Å². The summed E-state index contributed by atoms with van der Waals surface area (Å²) < 4.78 is 1.02. The van der Waals surface area contributed by atoms with Crippen LogP contribution < -0.4 is 4.90 Å². The first-order chi connectivity index (χ1) is 16.7. The van der Waals surface area contributed by atoms with Gasteiger partial charge in [-0.25, -0.2) is 9.97 Å². The molecule has 0 radical (unpaired) electrons. The van der Waals surface area contributed by atoms with E-state index < -0.39 is 0 Å². The maximum Gasteiger partial charge on any atom is 0.176 e. The van der Waals surface area contributed by atoms with Crippen LogP contribution in [0.2, 0.25) is 0 Å². The van der Waals surface area contributed by atoms with Gasteiger partial charge in [-0.15, -0.1) is 10.2 Å². The maximum atomic E-state index is 5.14. The van der Waals surface area contributed by atoms with Crippen molar-refractivity contribution < 1.29 is 0 Å². The van der Waals surface area contributed by atoms with Crippen LogP contribution in [0.4, 0.5) is 5.82 Å². The third-order valence-corrected chi connectivity index (χ3v) is 8.11. The van der Waals surface area contributed by atoms with Gasteiger partial charge in [-0.05, 0) is 67.7 Å². The zero-order valence-electron chi connectivity index (χ0n) is 19.1. The number of nitrogens with one attached hydrogen (secondary N) is 1. The summed E-state index contributed by atoms with van der Waals surface area (Å²) in [7, 11) is 0. The van der Waals surface area contributed by atoms with Gasteiger partial charge in [0, 0.05) is 34.9 Å². The van der Waals surface area contributed by atoms with Gasteiger partial charge in [-0.2, -0.15) is 5.21 Å². The zero-order chi connectivity index (χ0) is 22.9. The average molecular weight is 518 g/mol. The summed E-state index contributed by atoms with van der Waals surface area (Å²) in [4.78, 5) is 12.5. The van der Waals surface area contributed by atoms with Gasteiger partial charge in [0.25, 0.3) is 0 Å². The second-order valence-corrected chi connectivity index (χ2v) is 10.6. The number of hydrogen-bond acceptors (Lipinski definition) is 6. The minimum Gasteiger partial charge on any atom is -0.356 e. The van der Waals surface area contributed by atoms with Crippen molar-refractivity contribution in [3.63, 3.8) is 0 Å². The lowest BCUT2D eigenvalue weighted by molar-refractivity contribution is 0.315. The molecule has 0 amide bonds. The van der Waals surface area contributed by atoms with E-state index in [0.29, 0.717) is 0 Å². The summed E-state index contributed by atoms with van der Waals surface area (Å²) in [6, 6.07) is 16.5. The predicted molar refractivity (Wildman–Crippen MR) is 136 cm³/mol. The number of fused-ring (bicyclic) bond motifs is 3. The van der Waals surface area contributed by atoms with E-state index in [9.17, 15) is 0 Å². The molecule has 2 aliphatic rings. The summed E-state index contributed by atoms with van der Waals surface area (Å²) in [5.41, 5.74) is 1.97. The Hall–Kier alpha value is -2.87. The highest BCUT2D eigenvalue weighted by atomic mass is 79.9. The number of tetrazole rings is 1. The van der Waals surface area contributed by atoms with Gasteiger partial charge in [-0.3, -0.25) is 0 Å². The third kappa shape index (κ3) is 4.43. The quantitative estimate of drug-likeness (QED) is 0.334. The highest BCUT2D eigenvalue weighted by Crippen LogP contribution is 2.49. The number of anilines is 1. The number of aromatic nitrogens is 6. The number of para-hydroxylation sites is 1. The first kappa shape index (κ1) is 21.6. The Bertz CT molecular complexity index is 1280. The number of rotatable bonds is 8. The maximum absolute atomic E-state index is 5.14. The number of H-pyrrole nitrogens is 1. The number of hydrogen-bond donors (Lipinski definition) is 1. The van der Waals surface area contributed by atoms with E-state index in [2.05, 4.69) is 71.8 Å². The fourth-order valence-electron chi connectivity index (χ4n) is 5.96. The largest absolute Gasteiger partial charge is 0.356 e. The molecular weight excluding hydrogens is 490 g/mol. The molecule has 4 aromatic rings. The Morgan fingerprint density at radius 3 is 2.74 bits per heavy atom. The molecule has 3 atom stereocenters. The summed E-state index contributed by atoms with van der Waals surface area (Å²) in [6.07, 6.45) is 7.63. The lowest BCUT2D eigenvalue weighted by atomic mass is 9.86. The molecule has 3 unspecified atom stereocenters. The second-order valence-electron chi connectivity index (χ2n) is 9.69. The van der Waals surface area contributed by atoms with Crippen molar-refractivity contribution in [2.45, 2.75) is 38.5 Å². The molecule has 6 rings (SSSR count). The van der Waals surface area contributed by atoms with Crippen molar-refractivity contribution >= 4 is 32.7 Å². The average Bonchev–Trinajstić information content (AvgIpc) is 3.63. The van der Waals surface area contributed by atoms with Crippen molar-refractivity contribution in [3.8, 4) is 11.4 Å². The molecule has 0 aliphatic heterocycles. The Morgan fingerprint density at radius 1 is 1.00 bits per heavy atom. The monoisotopic (exact) mass is 517 g/mol. The van der Waals surface area contributed by atoms with Gasteiger partial charge in [0.2, 0.25) is 0 Å². The van der Waals surface area contributed by atoms with E-state index >= 15 is 0 Å². The molecule has 2 aromatic heterocycles. The van der Waals surface area contributed by atoms with E-state index in [0.717, 1.165) is 75.7 Å². The van der Waals surface area contributed by atoms with Crippen molar-refractivity contribution in [3.05, 3.63) is 58.8 Å². The van der Waals surface area contributed by atoms with Crippen LogP contribution in [0.15, 0.2) is 53.0 Å². The fraction of sp³-hybridized carbons (Fsp3) is 0.423. The van der Waals surface area contributed by atoms with Crippen LogP contribution in [-0.2, 0) is 6.42 Å². The minimum atomic E-state index is 0.720. The summed E-state index contributed by atoms with van der Waals surface area (Å²) in [5, 5.41) is 15.7. The van der Waals surface area contributed by atoms with Crippen LogP contribution in [0.5, 0.6) is 0 Å². The van der Waals surface area contributed by atoms with Gasteiger partial charge in [0.1, 0.15) is 5.82 Å². The first-order valence-electron chi connectivity index (χ1n) is 12.2. The molecule has 2 bridgehead atoms. The molecule has 0 saturated heterocycles. The number of aromatic amines is 1. The SMILES string of the molecule is Brc1cccc(-c2nc(N(CCc3nn[nH]n3)CCC3CC4CCC3C4)c3ccccc3n2)c1. The summed E-state index contributed by atoms with van der Waals surface area (Å²) in [5.74, 6) is 5.19. The van der Waals surface area contributed by atoms with Gasteiger partial charge >= 0.3 is 0 Å². The second kappa shape index (κ2) is 9.41. The molecule has 7 nitrogen and oxygen atoms in total. The third-order valence-electron chi connectivity index (χ3n) is 7.61. The molecule has 34 heavy (non-hydrogen) atoms. The summed E-state index contributed by atoms with van der Waals surface area (Å²) >= 11 is 3.59. The molecule has 2 aliphatic carbocycles. The van der Waals surface area contributed by atoms with Gasteiger partial charge in [-0.1, -0.05) is 51.8 Å². The normalized spacial score (nSPS) is 21.4. The van der Waals surface area contributed by atoms with E-state index in [1.807, 2.05) is 18.2 Å². The smallest absolute Gasteiger partial charge is 0.176 e. The van der Waals surface area contributed by atoms with Crippen LogP contribution in [0.25, 0.3) is 22.3 Å².